The van der Waals surface area contributed by atoms with Crippen molar-refractivity contribution in [3.8, 4) is 0 Å². The van der Waals surface area contributed by atoms with E-state index in [0.29, 0.717) is 12.0 Å². The second-order valence-electron chi connectivity index (χ2n) is 4.78. The van der Waals surface area contributed by atoms with Crippen LogP contribution in [0.3, 0.4) is 0 Å². The van der Waals surface area contributed by atoms with Crippen molar-refractivity contribution in [1.29, 1.82) is 0 Å². The van der Waals surface area contributed by atoms with Gasteiger partial charge >= 0.3 is 6.18 Å². The molecule has 19 heavy (non-hydrogen) atoms. The Labute approximate surface area is 111 Å². The van der Waals surface area contributed by atoms with E-state index in [1.807, 2.05) is 13.8 Å². The van der Waals surface area contributed by atoms with Crippen molar-refractivity contribution in [3.05, 3.63) is 35.4 Å². The lowest BCUT2D eigenvalue weighted by atomic mass is 10.0. The van der Waals surface area contributed by atoms with E-state index in [1.165, 1.54) is 12.1 Å². The van der Waals surface area contributed by atoms with Crippen LogP contribution in [0, 0.1) is 0 Å². The molecule has 0 aromatic heterocycles. The summed E-state index contributed by atoms with van der Waals surface area (Å²) in [7, 11) is 0. The highest BCUT2D eigenvalue weighted by Crippen LogP contribution is 2.30. The lowest BCUT2D eigenvalue weighted by Gasteiger charge is -2.21. The van der Waals surface area contributed by atoms with Gasteiger partial charge in [-0.15, -0.1) is 0 Å². The predicted molar refractivity (Wildman–Crippen MR) is 68.8 cm³/mol. The van der Waals surface area contributed by atoms with Crippen molar-refractivity contribution in [3.63, 3.8) is 0 Å². The fourth-order valence-corrected chi connectivity index (χ4v) is 1.99. The van der Waals surface area contributed by atoms with Crippen LogP contribution in [0.5, 0.6) is 0 Å². The maximum Gasteiger partial charge on any atom is 0.416 e. The first-order chi connectivity index (χ1) is 8.84. The van der Waals surface area contributed by atoms with E-state index >= 15 is 0 Å². The Balaban J connectivity index is 2.69. The van der Waals surface area contributed by atoms with Crippen LogP contribution in [0.25, 0.3) is 0 Å². The van der Waals surface area contributed by atoms with Gasteiger partial charge in [-0.3, -0.25) is 0 Å². The molecular formula is C14H20F3NO. The number of rotatable bonds is 6. The topological polar surface area (TPSA) is 32.3 Å². The van der Waals surface area contributed by atoms with Gasteiger partial charge in [-0.2, -0.15) is 13.2 Å². The van der Waals surface area contributed by atoms with Crippen LogP contribution in [-0.4, -0.2) is 17.8 Å². The first kappa shape index (κ1) is 16.0. The van der Waals surface area contributed by atoms with Gasteiger partial charge in [0.15, 0.2) is 0 Å². The highest BCUT2D eigenvalue weighted by molar-refractivity contribution is 5.27. The minimum Gasteiger partial charge on any atom is -0.396 e. The Bertz CT molecular complexity index is 393. The van der Waals surface area contributed by atoms with Gasteiger partial charge in [0.1, 0.15) is 0 Å². The summed E-state index contributed by atoms with van der Waals surface area (Å²) in [6.07, 6.45) is -2.83. The van der Waals surface area contributed by atoms with Crippen molar-refractivity contribution < 1.29 is 18.3 Å². The average molecular weight is 275 g/mol. The fourth-order valence-electron chi connectivity index (χ4n) is 1.99. The SMILES string of the molecule is CC(CCCO)NC(C)c1cccc(C(F)(F)F)c1. The van der Waals surface area contributed by atoms with Crippen LogP contribution >= 0.6 is 0 Å². The minimum absolute atomic E-state index is 0.129. The van der Waals surface area contributed by atoms with E-state index < -0.39 is 11.7 Å². The molecule has 0 saturated carbocycles. The van der Waals surface area contributed by atoms with E-state index in [1.54, 1.807) is 6.07 Å². The second kappa shape index (κ2) is 6.91. The van der Waals surface area contributed by atoms with E-state index in [0.717, 1.165) is 12.5 Å². The lowest BCUT2D eigenvalue weighted by Crippen LogP contribution is -2.29. The number of hydrogen-bond acceptors (Lipinski definition) is 2. The molecule has 0 heterocycles. The summed E-state index contributed by atoms with van der Waals surface area (Å²) < 4.78 is 37.8. The van der Waals surface area contributed by atoms with Gasteiger partial charge in [-0.25, -0.2) is 0 Å². The van der Waals surface area contributed by atoms with Crippen molar-refractivity contribution in [2.75, 3.05) is 6.61 Å². The Kier molecular flexibility index (Phi) is 5.82. The molecule has 0 saturated heterocycles. The molecule has 5 heteroatoms. The summed E-state index contributed by atoms with van der Waals surface area (Å²) in [5.41, 5.74) is -0.00710. The molecule has 1 aromatic carbocycles. The molecule has 0 spiro atoms. The van der Waals surface area contributed by atoms with Crippen molar-refractivity contribution in [2.45, 2.75) is 44.9 Å². The molecule has 2 N–H and O–H groups in total. The molecule has 0 amide bonds. The number of nitrogens with one attached hydrogen (secondary N) is 1. The normalized spacial score (nSPS) is 15.3. The number of aliphatic hydroxyl groups is 1. The van der Waals surface area contributed by atoms with Crippen molar-refractivity contribution in [2.24, 2.45) is 0 Å². The predicted octanol–water partition coefficient (Wildman–Crippen LogP) is 3.52. The van der Waals surface area contributed by atoms with Gasteiger partial charge in [0.25, 0.3) is 0 Å². The van der Waals surface area contributed by atoms with Gasteiger partial charge in [0.05, 0.1) is 5.56 Å². The first-order valence-corrected chi connectivity index (χ1v) is 6.38. The van der Waals surface area contributed by atoms with Gasteiger partial charge in [0, 0.05) is 18.7 Å². The molecule has 0 aliphatic carbocycles. The zero-order valence-corrected chi connectivity index (χ0v) is 11.2. The monoisotopic (exact) mass is 275 g/mol. The Morgan fingerprint density at radius 1 is 1.26 bits per heavy atom. The molecular weight excluding hydrogens is 255 g/mol. The van der Waals surface area contributed by atoms with Crippen LogP contribution in [0.15, 0.2) is 24.3 Å². The van der Waals surface area contributed by atoms with Gasteiger partial charge in [-0.1, -0.05) is 12.1 Å². The van der Waals surface area contributed by atoms with Crippen LogP contribution in [0.4, 0.5) is 13.2 Å². The van der Waals surface area contributed by atoms with Gasteiger partial charge in [0.2, 0.25) is 0 Å². The summed E-state index contributed by atoms with van der Waals surface area (Å²) in [5, 5.41) is 12.0. The quantitative estimate of drug-likeness (QED) is 0.832. The molecule has 2 atom stereocenters. The van der Waals surface area contributed by atoms with E-state index in [9.17, 15) is 13.2 Å². The van der Waals surface area contributed by atoms with Crippen LogP contribution in [0.1, 0.15) is 43.9 Å². The molecule has 2 unspecified atom stereocenters. The highest BCUT2D eigenvalue weighted by atomic mass is 19.4. The molecule has 0 bridgehead atoms. The maximum absolute atomic E-state index is 12.6. The first-order valence-electron chi connectivity index (χ1n) is 6.38. The molecule has 1 aromatic rings. The smallest absolute Gasteiger partial charge is 0.396 e. The van der Waals surface area contributed by atoms with Gasteiger partial charge < -0.3 is 10.4 Å². The number of aliphatic hydroxyl groups excluding tert-OH is 1. The summed E-state index contributed by atoms with van der Waals surface area (Å²) in [6.45, 7) is 3.93. The van der Waals surface area contributed by atoms with Crippen LogP contribution in [-0.2, 0) is 6.18 Å². The van der Waals surface area contributed by atoms with Crippen molar-refractivity contribution in [1.82, 2.24) is 5.32 Å². The summed E-state index contributed by atoms with van der Waals surface area (Å²) >= 11 is 0. The van der Waals surface area contributed by atoms with Crippen LogP contribution in [0.2, 0.25) is 0 Å². The van der Waals surface area contributed by atoms with E-state index in [4.69, 9.17) is 5.11 Å². The summed E-state index contributed by atoms with van der Waals surface area (Å²) in [4.78, 5) is 0. The van der Waals surface area contributed by atoms with Crippen molar-refractivity contribution >= 4 is 0 Å². The Hall–Kier alpha value is -1.07. The lowest BCUT2D eigenvalue weighted by molar-refractivity contribution is -0.137. The molecule has 1 rings (SSSR count). The summed E-state index contributed by atoms with van der Waals surface area (Å²) in [5.74, 6) is 0. The standard InChI is InChI=1S/C14H20F3NO/c1-10(5-4-8-19)18-11(2)12-6-3-7-13(9-12)14(15,16)17/h3,6-7,9-11,18-19H,4-5,8H2,1-2H3. The molecule has 0 radical (unpaired) electrons. The number of halogens is 3. The zero-order chi connectivity index (χ0) is 14.5. The van der Waals surface area contributed by atoms with Gasteiger partial charge in [-0.05, 0) is 44.4 Å². The zero-order valence-electron chi connectivity index (χ0n) is 11.2. The average Bonchev–Trinajstić information content (AvgIpc) is 2.35. The second-order valence-corrected chi connectivity index (χ2v) is 4.78. The molecule has 0 aliphatic heterocycles. The maximum atomic E-state index is 12.6. The third kappa shape index (κ3) is 5.20. The molecule has 0 fully saturated rings. The Morgan fingerprint density at radius 3 is 2.53 bits per heavy atom. The number of alkyl halides is 3. The van der Waals surface area contributed by atoms with E-state index in [-0.39, 0.29) is 18.7 Å². The van der Waals surface area contributed by atoms with Crippen LogP contribution < -0.4 is 5.32 Å². The molecule has 0 aliphatic rings. The minimum atomic E-state index is -4.31. The number of hydrogen-bond donors (Lipinski definition) is 2. The Morgan fingerprint density at radius 2 is 1.95 bits per heavy atom. The molecule has 108 valence electrons. The fraction of sp³-hybridized carbons (Fsp3) is 0.571. The highest BCUT2D eigenvalue weighted by Gasteiger charge is 2.30. The number of benzene rings is 1. The largest absolute Gasteiger partial charge is 0.416 e. The third-order valence-corrected chi connectivity index (χ3v) is 3.04. The third-order valence-electron chi connectivity index (χ3n) is 3.04. The van der Waals surface area contributed by atoms with E-state index in [2.05, 4.69) is 5.32 Å². The molecule has 2 nitrogen and oxygen atoms in total. The summed E-state index contributed by atoms with van der Waals surface area (Å²) in [6, 6.07) is 5.36.